The standard InChI is InChI=1S/C22H27NO/c1-17-6-3-4-9-21(17)22(24)16-20-8-5-7-19(15-20)14-18-10-12-23(2)13-11-18/h3-9,15,18H,10-14,16H2,1-2H3. The van der Waals surface area contributed by atoms with Crippen LogP contribution < -0.4 is 0 Å². The third-order valence-corrected chi connectivity index (χ3v) is 5.16. The fourth-order valence-corrected chi connectivity index (χ4v) is 3.63. The summed E-state index contributed by atoms with van der Waals surface area (Å²) < 4.78 is 0. The van der Waals surface area contributed by atoms with E-state index in [0.717, 1.165) is 29.0 Å². The van der Waals surface area contributed by atoms with Crippen LogP contribution >= 0.6 is 0 Å². The van der Waals surface area contributed by atoms with Crippen molar-refractivity contribution < 1.29 is 4.79 Å². The van der Waals surface area contributed by atoms with Gasteiger partial charge in [-0.05, 0) is 68.9 Å². The first-order valence-electron chi connectivity index (χ1n) is 8.97. The largest absolute Gasteiger partial charge is 0.306 e. The van der Waals surface area contributed by atoms with Gasteiger partial charge in [0, 0.05) is 12.0 Å². The zero-order chi connectivity index (χ0) is 16.9. The summed E-state index contributed by atoms with van der Waals surface area (Å²) in [5.74, 6) is 0.994. The summed E-state index contributed by atoms with van der Waals surface area (Å²) in [6, 6.07) is 16.5. The van der Waals surface area contributed by atoms with E-state index < -0.39 is 0 Å². The molecule has 1 aliphatic heterocycles. The smallest absolute Gasteiger partial charge is 0.167 e. The highest BCUT2D eigenvalue weighted by atomic mass is 16.1. The third-order valence-electron chi connectivity index (χ3n) is 5.16. The van der Waals surface area contributed by atoms with Crippen LogP contribution in [0.1, 0.15) is 39.9 Å². The van der Waals surface area contributed by atoms with Crippen LogP contribution in [0.15, 0.2) is 48.5 Å². The minimum Gasteiger partial charge on any atom is -0.306 e. The second kappa shape index (κ2) is 7.76. The SMILES string of the molecule is Cc1ccccc1C(=O)Cc1cccc(CC2CCN(C)CC2)c1. The molecule has 0 atom stereocenters. The van der Waals surface area contributed by atoms with E-state index in [0.29, 0.717) is 6.42 Å². The van der Waals surface area contributed by atoms with Crippen molar-refractivity contribution in [3.63, 3.8) is 0 Å². The third kappa shape index (κ3) is 4.33. The molecule has 3 rings (SSSR count). The lowest BCUT2D eigenvalue weighted by atomic mass is 9.89. The Kier molecular flexibility index (Phi) is 5.47. The van der Waals surface area contributed by atoms with E-state index in [1.807, 2.05) is 31.2 Å². The van der Waals surface area contributed by atoms with Crippen molar-refractivity contribution in [2.75, 3.05) is 20.1 Å². The van der Waals surface area contributed by atoms with Gasteiger partial charge in [0.2, 0.25) is 0 Å². The van der Waals surface area contributed by atoms with Gasteiger partial charge in [-0.3, -0.25) is 4.79 Å². The summed E-state index contributed by atoms with van der Waals surface area (Å²) in [4.78, 5) is 15.0. The van der Waals surface area contributed by atoms with E-state index in [4.69, 9.17) is 0 Å². The molecule has 1 aliphatic rings. The molecule has 0 unspecified atom stereocenters. The molecule has 24 heavy (non-hydrogen) atoms. The predicted octanol–water partition coefficient (Wildman–Crippen LogP) is 4.30. The summed E-state index contributed by atoms with van der Waals surface area (Å²) in [6.07, 6.45) is 4.19. The van der Waals surface area contributed by atoms with Gasteiger partial charge in [0.25, 0.3) is 0 Å². The number of nitrogens with zero attached hydrogens (tertiary/aromatic N) is 1. The summed E-state index contributed by atoms with van der Waals surface area (Å²) in [6.45, 7) is 4.41. The molecule has 2 nitrogen and oxygen atoms in total. The normalized spacial score (nSPS) is 16.2. The lowest BCUT2D eigenvalue weighted by Gasteiger charge is -2.29. The maximum absolute atomic E-state index is 12.6. The molecule has 0 saturated carbocycles. The Morgan fingerprint density at radius 2 is 1.75 bits per heavy atom. The molecule has 126 valence electrons. The number of carbonyl (C=O) groups is 1. The second-order valence-electron chi connectivity index (χ2n) is 7.19. The number of hydrogen-bond donors (Lipinski definition) is 0. The molecule has 0 amide bonds. The van der Waals surface area contributed by atoms with Gasteiger partial charge in [-0.25, -0.2) is 0 Å². The summed E-state index contributed by atoms with van der Waals surface area (Å²) in [5, 5.41) is 0. The van der Waals surface area contributed by atoms with Gasteiger partial charge in [0.05, 0.1) is 0 Å². The van der Waals surface area contributed by atoms with Crippen molar-refractivity contribution in [3.05, 3.63) is 70.8 Å². The Morgan fingerprint density at radius 3 is 2.50 bits per heavy atom. The average Bonchev–Trinajstić information content (AvgIpc) is 2.58. The first-order chi connectivity index (χ1) is 11.6. The molecule has 0 spiro atoms. The maximum Gasteiger partial charge on any atom is 0.167 e. The van der Waals surface area contributed by atoms with Gasteiger partial charge < -0.3 is 4.90 Å². The van der Waals surface area contributed by atoms with Gasteiger partial charge in [-0.15, -0.1) is 0 Å². The van der Waals surface area contributed by atoms with Crippen molar-refractivity contribution in [3.8, 4) is 0 Å². The highest BCUT2D eigenvalue weighted by Gasteiger charge is 2.17. The highest BCUT2D eigenvalue weighted by molar-refractivity contribution is 5.98. The van der Waals surface area contributed by atoms with E-state index in [2.05, 4.69) is 36.2 Å². The summed E-state index contributed by atoms with van der Waals surface area (Å²) in [5.41, 5.74) is 4.41. The van der Waals surface area contributed by atoms with Crippen molar-refractivity contribution in [2.45, 2.75) is 32.6 Å². The van der Waals surface area contributed by atoms with Crippen molar-refractivity contribution >= 4 is 5.78 Å². The zero-order valence-electron chi connectivity index (χ0n) is 14.8. The van der Waals surface area contributed by atoms with Crippen LogP contribution in [0.5, 0.6) is 0 Å². The molecule has 0 radical (unpaired) electrons. The molecule has 2 heteroatoms. The zero-order valence-corrected chi connectivity index (χ0v) is 14.8. The van der Waals surface area contributed by atoms with Gasteiger partial charge >= 0.3 is 0 Å². The number of aryl methyl sites for hydroxylation is 1. The molecular formula is C22H27NO. The Labute approximate surface area is 145 Å². The Balaban J connectivity index is 1.65. The van der Waals surface area contributed by atoms with Crippen LogP contribution in [0, 0.1) is 12.8 Å². The number of benzene rings is 2. The van der Waals surface area contributed by atoms with Crippen LogP contribution in [0.4, 0.5) is 0 Å². The Hall–Kier alpha value is -1.93. The number of hydrogen-bond acceptors (Lipinski definition) is 2. The number of piperidine rings is 1. The van der Waals surface area contributed by atoms with E-state index in [-0.39, 0.29) is 5.78 Å². The average molecular weight is 321 g/mol. The number of ketones is 1. The topological polar surface area (TPSA) is 20.3 Å². The van der Waals surface area contributed by atoms with Crippen LogP contribution in [0.25, 0.3) is 0 Å². The van der Waals surface area contributed by atoms with Gasteiger partial charge in [-0.1, -0.05) is 48.5 Å². The molecule has 0 aromatic heterocycles. The fourth-order valence-electron chi connectivity index (χ4n) is 3.63. The van der Waals surface area contributed by atoms with Crippen LogP contribution in [0.3, 0.4) is 0 Å². The molecule has 0 N–H and O–H groups in total. The van der Waals surface area contributed by atoms with Crippen LogP contribution in [-0.2, 0) is 12.8 Å². The second-order valence-corrected chi connectivity index (χ2v) is 7.19. The number of carbonyl (C=O) groups excluding carboxylic acids is 1. The van der Waals surface area contributed by atoms with Crippen LogP contribution in [-0.4, -0.2) is 30.8 Å². The lowest BCUT2D eigenvalue weighted by Crippen LogP contribution is -2.30. The van der Waals surface area contributed by atoms with Gasteiger partial charge in [-0.2, -0.15) is 0 Å². The monoisotopic (exact) mass is 321 g/mol. The summed E-state index contributed by atoms with van der Waals surface area (Å²) in [7, 11) is 2.20. The predicted molar refractivity (Wildman–Crippen MR) is 99.6 cm³/mol. The van der Waals surface area contributed by atoms with E-state index in [1.54, 1.807) is 0 Å². The molecule has 1 fully saturated rings. The first-order valence-corrected chi connectivity index (χ1v) is 8.97. The molecule has 1 heterocycles. The quantitative estimate of drug-likeness (QED) is 0.765. The molecule has 1 saturated heterocycles. The summed E-state index contributed by atoms with van der Waals surface area (Å²) >= 11 is 0. The van der Waals surface area contributed by atoms with Crippen molar-refractivity contribution in [2.24, 2.45) is 5.92 Å². The molecule has 0 aliphatic carbocycles. The molecular weight excluding hydrogens is 294 g/mol. The van der Waals surface area contributed by atoms with Crippen molar-refractivity contribution in [1.29, 1.82) is 0 Å². The fraction of sp³-hybridized carbons (Fsp3) is 0.409. The molecule has 2 aromatic carbocycles. The first kappa shape index (κ1) is 16.9. The highest BCUT2D eigenvalue weighted by Crippen LogP contribution is 2.22. The van der Waals surface area contributed by atoms with E-state index in [9.17, 15) is 4.79 Å². The van der Waals surface area contributed by atoms with Gasteiger partial charge in [0.1, 0.15) is 0 Å². The minimum absolute atomic E-state index is 0.213. The van der Waals surface area contributed by atoms with E-state index >= 15 is 0 Å². The Morgan fingerprint density at radius 1 is 1.04 bits per heavy atom. The number of rotatable bonds is 5. The van der Waals surface area contributed by atoms with Gasteiger partial charge in [0.15, 0.2) is 5.78 Å². The molecule has 0 bridgehead atoms. The number of likely N-dealkylation sites (tertiary alicyclic amines) is 1. The van der Waals surface area contributed by atoms with Crippen molar-refractivity contribution in [1.82, 2.24) is 4.90 Å². The lowest BCUT2D eigenvalue weighted by molar-refractivity contribution is 0.0992. The minimum atomic E-state index is 0.213. The number of Topliss-reactive ketones (excluding diaryl/α,β-unsaturated/α-hetero) is 1. The maximum atomic E-state index is 12.6. The van der Waals surface area contributed by atoms with E-state index in [1.165, 1.54) is 31.5 Å². The Bertz CT molecular complexity index is 699. The van der Waals surface area contributed by atoms with Crippen LogP contribution in [0.2, 0.25) is 0 Å². The molecule has 2 aromatic rings.